The predicted molar refractivity (Wildman–Crippen MR) is 90.4 cm³/mol. The molecule has 0 spiro atoms. The summed E-state index contributed by atoms with van der Waals surface area (Å²) in [5.41, 5.74) is 1.56. The van der Waals surface area contributed by atoms with Gasteiger partial charge in [-0.25, -0.2) is 4.79 Å². The van der Waals surface area contributed by atoms with Crippen LogP contribution in [0.5, 0.6) is 0 Å². The lowest BCUT2D eigenvalue weighted by atomic mass is 9.81. The van der Waals surface area contributed by atoms with E-state index >= 15 is 0 Å². The number of nitrogens with zero attached hydrogens (tertiary/aromatic N) is 2. The molecule has 0 unspecified atom stereocenters. The fourth-order valence-corrected chi connectivity index (χ4v) is 3.17. The van der Waals surface area contributed by atoms with Crippen LogP contribution in [0, 0.1) is 25.2 Å². The molecule has 1 saturated carbocycles. The molecule has 1 aliphatic rings. The first-order chi connectivity index (χ1) is 11.4. The third-order valence-corrected chi connectivity index (χ3v) is 5.06. The summed E-state index contributed by atoms with van der Waals surface area (Å²) in [7, 11) is 1.63. The van der Waals surface area contributed by atoms with Gasteiger partial charge in [-0.05, 0) is 43.9 Å². The van der Waals surface area contributed by atoms with Crippen LogP contribution in [0.1, 0.15) is 53.6 Å². The zero-order chi connectivity index (χ0) is 17.7. The fourth-order valence-electron chi connectivity index (χ4n) is 3.17. The maximum absolute atomic E-state index is 12.4. The molecule has 0 atom stereocenters. The summed E-state index contributed by atoms with van der Waals surface area (Å²) in [4.78, 5) is 26.1. The predicted octanol–water partition coefficient (Wildman–Crippen LogP) is 3.15. The fraction of sp³-hybridized carbons (Fsp3) is 0.526. The van der Waals surface area contributed by atoms with Crippen molar-refractivity contribution >= 4 is 11.9 Å². The molecule has 128 valence electrons. The smallest absolute Gasteiger partial charge is 0.338 e. The second kappa shape index (κ2) is 7.48. The Morgan fingerprint density at radius 3 is 2.54 bits per heavy atom. The van der Waals surface area contributed by atoms with E-state index in [1.165, 1.54) is 4.90 Å². The highest BCUT2D eigenvalue weighted by molar-refractivity contribution is 5.93. The highest BCUT2D eigenvalue weighted by atomic mass is 16.5. The average Bonchev–Trinajstić information content (AvgIpc) is 2.61. The SMILES string of the molecule is Cc1cccc(C(=O)OCC(=O)N(C)C2(C#N)CCCCC2)c1C. The van der Waals surface area contributed by atoms with Gasteiger partial charge in [-0.3, -0.25) is 4.79 Å². The van der Waals surface area contributed by atoms with Gasteiger partial charge in [0.1, 0.15) is 5.54 Å². The van der Waals surface area contributed by atoms with Crippen LogP contribution in [-0.2, 0) is 9.53 Å². The molecule has 24 heavy (non-hydrogen) atoms. The number of carbonyl (C=O) groups excluding carboxylic acids is 2. The third kappa shape index (κ3) is 3.59. The Hall–Kier alpha value is -2.35. The molecule has 1 amide bonds. The summed E-state index contributed by atoms with van der Waals surface area (Å²) >= 11 is 0. The van der Waals surface area contributed by atoms with Crippen molar-refractivity contribution in [1.82, 2.24) is 4.90 Å². The molecule has 0 N–H and O–H groups in total. The standard InChI is InChI=1S/C19H24N2O3/c1-14-8-7-9-16(15(14)2)18(23)24-12-17(22)21(3)19(13-20)10-5-4-6-11-19/h7-9H,4-6,10-12H2,1-3H3. The van der Waals surface area contributed by atoms with Crippen LogP contribution in [0.2, 0.25) is 0 Å². The Morgan fingerprint density at radius 1 is 1.25 bits per heavy atom. The van der Waals surface area contributed by atoms with E-state index in [2.05, 4.69) is 6.07 Å². The van der Waals surface area contributed by atoms with E-state index < -0.39 is 11.5 Å². The van der Waals surface area contributed by atoms with Gasteiger partial charge in [0.05, 0.1) is 11.6 Å². The van der Waals surface area contributed by atoms with E-state index in [0.29, 0.717) is 18.4 Å². The maximum atomic E-state index is 12.4. The monoisotopic (exact) mass is 328 g/mol. The first-order valence-electron chi connectivity index (χ1n) is 8.32. The van der Waals surface area contributed by atoms with E-state index in [9.17, 15) is 14.9 Å². The minimum absolute atomic E-state index is 0.336. The summed E-state index contributed by atoms with van der Waals surface area (Å²) in [6, 6.07) is 7.70. The number of rotatable bonds is 4. The summed E-state index contributed by atoms with van der Waals surface area (Å²) < 4.78 is 5.19. The van der Waals surface area contributed by atoms with Crippen molar-refractivity contribution in [3.63, 3.8) is 0 Å². The number of amides is 1. The van der Waals surface area contributed by atoms with Crippen molar-refractivity contribution < 1.29 is 14.3 Å². The van der Waals surface area contributed by atoms with E-state index in [0.717, 1.165) is 30.4 Å². The molecule has 1 aliphatic carbocycles. The first-order valence-corrected chi connectivity index (χ1v) is 8.32. The molecule has 1 fully saturated rings. The molecule has 0 saturated heterocycles. The molecule has 0 aromatic heterocycles. The quantitative estimate of drug-likeness (QED) is 0.796. The highest BCUT2D eigenvalue weighted by Gasteiger charge is 2.39. The lowest BCUT2D eigenvalue weighted by molar-refractivity contribution is -0.138. The number of carbonyl (C=O) groups is 2. The van der Waals surface area contributed by atoms with Crippen LogP contribution in [0.4, 0.5) is 0 Å². The Labute approximate surface area is 143 Å². The van der Waals surface area contributed by atoms with E-state index in [4.69, 9.17) is 4.74 Å². The zero-order valence-electron chi connectivity index (χ0n) is 14.6. The zero-order valence-corrected chi connectivity index (χ0v) is 14.6. The maximum Gasteiger partial charge on any atom is 0.338 e. The summed E-state index contributed by atoms with van der Waals surface area (Å²) in [5.74, 6) is -0.843. The van der Waals surface area contributed by atoms with E-state index in [-0.39, 0.29) is 12.5 Å². The van der Waals surface area contributed by atoms with Gasteiger partial charge in [0, 0.05) is 7.05 Å². The molecule has 0 heterocycles. The number of hydrogen-bond donors (Lipinski definition) is 0. The number of likely N-dealkylation sites (N-methyl/N-ethyl adjacent to an activating group) is 1. The molecule has 5 heteroatoms. The first kappa shape index (κ1) is 18.0. The van der Waals surface area contributed by atoms with Gasteiger partial charge in [0.15, 0.2) is 6.61 Å². The summed E-state index contributed by atoms with van der Waals surface area (Å²) in [6.07, 6.45) is 4.32. The van der Waals surface area contributed by atoms with Crippen LogP contribution in [0.3, 0.4) is 0 Å². The number of ether oxygens (including phenoxy) is 1. The minimum Gasteiger partial charge on any atom is -0.452 e. The van der Waals surface area contributed by atoms with Gasteiger partial charge in [-0.2, -0.15) is 5.26 Å². The minimum atomic E-state index is -0.763. The molecule has 0 aliphatic heterocycles. The van der Waals surface area contributed by atoms with E-state index in [1.54, 1.807) is 19.2 Å². The van der Waals surface area contributed by atoms with Gasteiger partial charge in [-0.15, -0.1) is 0 Å². The number of esters is 1. The average molecular weight is 328 g/mol. The molecule has 1 aromatic rings. The molecule has 1 aromatic carbocycles. The van der Waals surface area contributed by atoms with Gasteiger partial charge in [-0.1, -0.05) is 31.4 Å². The van der Waals surface area contributed by atoms with Crippen molar-refractivity contribution in [2.24, 2.45) is 0 Å². The Morgan fingerprint density at radius 2 is 1.92 bits per heavy atom. The molecule has 0 bridgehead atoms. The van der Waals surface area contributed by atoms with Crippen molar-refractivity contribution in [1.29, 1.82) is 5.26 Å². The van der Waals surface area contributed by atoms with Crippen LogP contribution >= 0.6 is 0 Å². The second-order valence-electron chi connectivity index (χ2n) is 6.48. The number of aryl methyl sites for hydroxylation is 1. The van der Waals surface area contributed by atoms with Crippen molar-refractivity contribution in [3.8, 4) is 6.07 Å². The topological polar surface area (TPSA) is 70.4 Å². The van der Waals surface area contributed by atoms with E-state index in [1.807, 2.05) is 19.9 Å². The van der Waals surface area contributed by atoms with Crippen molar-refractivity contribution in [2.75, 3.05) is 13.7 Å². The van der Waals surface area contributed by atoms with Crippen LogP contribution in [0.25, 0.3) is 0 Å². The third-order valence-electron chi connectivity index (χ3n) is 5.06. The molecular formula is C19H24N2O3. The lowest BCUT2D eigenvalue weighted by Crippen LogP contribution is -2.51. The number of benzene rings is 1. The number of nitriles is 1. The highest BCUT2D eigenvalue weighted by Crippen LogP contribution is 2.32. The second-order valence-corrected chi connectivity index (χ2v) is 6.48. The number of hydrogen-bond acceptors (Lipinski definition) is 4. The van der Waals surface area contributed by atoms with Crippen molar-refractivity contribution in [2.45, 2.75) is 51.5 Å². The van der Waals surface area contributed by atoms with Crippen LogP contribution < -0.4 is 0 Å². The normalized spacial score (nSPS) is 16.1. The Balaban J connectivity index is 2.01. The molecular weight excluding hydrogens is 304 g/mol. The molecule has 2 rings (SSSR count). The largest absolute Gasteiger partial charge is 0.452 e. The Kier molecular flexibility index (Phi) is 5.61. The molecule has 0 radical (unpaired) electrons. The van der Waals surface area contributed by atoms with Gasteiger partial charge >= 0.3 is 5.97 Å². The Bertz CT molecular complexity index is 670. The van der Waals surface area contributed by atoms with Crippen molar-refractivity contribution in [3.05, 3.63) is 34.9 Å². The van der Waals surface area contributed by atoms with Crippen LogP contribution in [-0.4, -0.2) is 36.0 Å². The van der Waals surface area contributed by atoms with Gasteiger partial charge < -0.3 is 9.64 Å². The summed E-state index contributed by atoms with van der Waals surface area (Å²) in [5, 5.41) is 9.53. The lowest BCUT2D eigenvalue weighted by Gasteiger charge is -2.38. The summed E-state index contributed by atoms with van der Waals surface area (Å²) in [6.45, 7) is 3.43. The van der Waals surface area contributed by atoms with Gasteiger partial charge in [0.2, 0.25) is 0 Å². The van der Waals surface area contributed by atoms with Crippen LogP contribution in [0.15, 0.2) is 18.2 Å². The van der Waals surface area contributed by atoms with Gasteiger partial charge in [0.25, 0.3) is 5.91 Å². The molecule has 5 nitrogen and oxygen atoms in total.